The number of rotatable bonds is 1. The first-order valence-electron chi connectivity index (χ1n) is 3.82. The van der Waals surface area contributed by atoms with Crippen molar-refractivity contribution in [2.45, 2.75) is 0 Å². The lowest BCUT2D eigenvalue weighted by molar-refractivity contribution is 0.0988. The number of amides is 1. The highest BCUT2D eigenvalue weighted by atomic mass is 16.1. The molecule has 0 unspecified atom stereocenters. The summed E-state index contributed by atoms with van der Waals surface area (Å²) in [7, 11) is 1.76. The summed E-state index contributed by atoms with van der Waals surface area (Å²) in [6, 6.07) is 8.23. The van der Waals surface area contributed by atoms with E-state index in [2.05, 4.69) is 11.1 Å². The standard InChI is InChI=1S/C9H8N3O/c1-12-7-5-3-2-4-6(7)11-9(12)8(10)13/h3-5H,1H3,(H2,10,13). The summed E-state index contributed by atoms with van der Waals surface area (Å²) in [5.41, 5.74) is 6.76. The minimum atomic E-state index is -0.515. The molecule has 1 radical (unpaired) electrons. The van der Waals surface area contributed by atoms with Gasteiger partial charge in [0, 0.05) is 7.05 Å². The van der Waals surface area contributed by atoms with Crippen molar-refractivity contribution in [3.8, 4) is 0 Å². The zero-order valence-electron chi connectivity index (χ0n) is 7.11. The molecule has 0 fully saturated rings. The first kappa shape index (κ1) is 7.79. The minimum Gasteiger partial charge on any atom is -0.363 e. The number of aryl methyl sites for hydroxylation is 1. The Morgan fingerprint density at radius 1 is 1.69 bits per heavy atom. The van der Waals surface area contributed by atoms with E-state index in [1.165, 1.54) is 0 Å². The third kappa shape index (κ3) is 1.07. The van der Waals surface area contributed by atoms with Gasteiger partial charge in [0.05, 0.1) is 11.0 Å². The lowest BCUT2D eigenvalue weighted by atomic mass is 10.3. The number of carbonyl (C=O) groups is 1. The first-order valence-corrected chi connectivity index (χ1v) is 3.82. The molecule has 0 aliphatic carbocycles. The van der Waals surface area contributed by atoms with Crippen LogP contribution in [-0.4, -0.2) is 15.5 Å². The van der Waals surface area contributed by atoms with E-state index in [0.29, 0.717) is 0 Å². The van der Waals surface area contributed by atoms with E-state index in [4.69, 9.17) is 5.73 Å². The Hall–Kier alpha value is -1.84. The van der Waals surface area contributed by atoms with Crippen LogP contribution in [0, 0.1) is 6.07 Å². The molecule has 2 N–H and O–H groups in total. The summed E-state index contributed by atoms with van der Waals surface area (Å²) in [6.45, 7) is 0. The largest absolute Gasteiger partial charge is 0.363 e. The Morgan fingerprint density at radius 3 is 3.08 bits per heavy atom. The molecule has 0 bridgehead atoms. The fourth-order valence-electron chi connectivity index (χ4n) is 1.31. The Labute approximate surface area is 75.0 Å². The summed E-state index contributed by atoms with van der Waals surface area (Å²) in [5, 5.41) is 0. The maximum absolute atomic E-state index is 10.9. The topological polar surface area (TPSA) is 60.9 Å². The van der Waals surface area contributed by atoms with E-state index in [9.17, 15) is 4.79 Å². The van der Waals surface area contributed by atoms with E-state index in [1.54, 1.807) is 23.7 Å². The molecular formula is C9H8N3O. The molecular weight excluding hydrogens is 166 g/mol. The second-order valence-corrected chi connectivity index (χ2v) is 2.77. The summed E-state index contributed by atoms with van der Waals surface area (Å²) < 4.78 is 1.67. The molecule has 2 rings (SSSR count). The van der Waals surface area contributed by atoms with E-state index in [0.717, 1.165) is 11.0 Å². The van der Waals surface area contributed by atoms with Gasteiger partial charge < -0.3 is 10.3 Å². The molecule has 1 aromatic heterocycles. The number of hydrogen-bond donors (Lipinski definition) is 1. The maximum atomic E-state index is 10.9. The molecule has 65 valence electrons. The number of imidazole rings is 1. The molecule has 1 amide bonds. The first-order chi connectivity index (χ1) is 6.20. The molecule has 0 aliphatic rings. The SMILES string of the molecule is Cn1c(C(N)=O)nc2c[c]ccc21. The number of fused-ring (bicyclic) bond motifs is 1. The summed E-state index contributed by atoms with van der Waals surface area (Å²) in [4.78, 5) is 15.0. The molecule has 0 saturated heterocycles. The van der Waals surface area contributed by atoms with Crippen molar-refractivity contribution in [1.82, 2.24) is 9.55 Å². The number of benzene rings is 1. The predicted octanol–water partition coefficient (Wildman–Crippen LogP) is 0.472. The highest BCUT2D eigenvalue weighted by Crippen LogP contribution is 2.12. The van der Waals surface area contributed by atoms with Crippen LogP contribution in [0.15, 0.2) is 18.2 Å². The minimum absolute atomic E-state index is 0.273. The van der Waals surface area contributed by atoms with Gasteiger partial charge in [0.25, 0.3) is 5.91 Å². The van der Waals surface area contributed by atoms with Gasteiger partial charge in [-0.3, -0.25) is 4.79 Å². The van der Waals surface area contributed by atoms with Gasteiger partial charge >= 0.3 is 0 Å². The third-order valence-electron chi connectivity index (χ3n) is 1.95. The van der Waals surface area contributed by atoms with Crippen LogP contribution in [0.25, 0.3) is 11.0 Å². The van der Waals surface area contributed by atoms with Crippen molar-refractivity contribution in [2.24, 2.45) is 12.8 Å². The molecule has 4 heteroatoms. The molecule has 0 atom stereocenters. The summed E-state index contributed by atoms with van der Waals surface area (Å²) in [5.74, 6) is -0.242. The maximum Gasteiger partial charge on any atom is 0.284 e. The van der Waals surface area contributed by atoms with Gasteiger partial charge in [-0.05, 0) is 18.2 Å². The van der Waals surface area contributed by atoms with Crippen LogP contribution in [0.2, 0.25) is 0 Å². The van der Waals surface area contributed by atoms with Crippen LogP contribution in [0.5, 0.6) is 0 Å². The molecule has 13 heavy (non-hydrogen) atoms. The van der Waals surface area contributed by atoms with E-state index < -0.39 is 5.91 Å². The number of hydrogen-bond acceptors (Lipinski definition) is 2. The molecule has 0 aliphatic heterocycles. The number of carbonyl (C=O) groups excluding carboxylic acids is 1. The molecule has 1 aromatic carbocycles. The second-order valence-electron chi connectivity index (χ2n) is 2.77. The van der Waals surface area contributed by atoms with Gasteiger partial charge in [-0.15, -0.1) is 0 Å². The van der Waals surface area contributed by atoms with Gasteiger partial charge in [0.1, 0.15) is 0 Å². The quantitative estimate of drug-likeness (QED) is 0.683. The monoisotopic (exact) mass is 174 g/mol. The highest BCUT2D eigenvalue weighted by molar-refractivity contribution is 5.93. The summed E-state index contributed by atoms with van der Waals surface area (Å²) in [6.07, 6.45) is 0. The van der Waals surface area contributed by atoms with Crippen molar-refractivity contribution < 1.29 is 4.79 Å². The molecule has 0 saturated carbocycles. The van der Waals surface area contributed by atoms with Gasteiger partial charge in [-0.2, -0.15) is 0 Å². The van der Waals surface area contributed by atoms with Crippen molar-refractivity contribution >= 4 is 16.9 Å². The lowest BCUT2D eigenvalue weighted by Crippen LogP contribution is -2.16. The van der Waals surface area contributed by atoms with Crippen LogP contribution < -0.4 is 5.73 Å². The second kappa shape index (κ2) is 2.58. The van der Waals surface area contributed by atoms with Crippen LogP contribution >= 0.6 is 0 Å². The van der Waals surface area contributed by atoms with Crippen LogP contribution in [0.1, 0.15) is 10.6 Å². The fourth-order valence-corrected chi connectivity index (χ4v) is 1.31. The van der Waals surface area contributed by atoms with Crippen LogP contribution in [0.3, 0.4) is 0 Å². The van der Waals surface area contributed by atoms with E-state index in [-0.39, 0.29) is 5.82 Å². The Bertz CT molecular complexity index is 473. The van der Waals surface area contributed by atoms with Crippen molar-refractivity contribution in [3.05, 3.63) is 30.1 Å². The molecule has 2 aromatic rings. The average molecular weight is 174 g/mol. The van der Waals surface area contributed by atoms with Gasteiger partial charge in [-0.1, -0.05) is 6.07 Å². The zero-order chi connectivity index (χ0) is 9.42. The highest BCUT2D eigenvalue weighted by Gasteiger charge is 2.10. The number of primary amides is 1. The van der Waals surface area contributed by atoms with Gasteiger partial charge in [0.15, 0.2) is 5.82 Å². The Morgan fingerprint density at radius 2 is 2.46 bits per heavy atom. The number of aromatic nitrogens is 2. The van der Waals surface area contributed by atoms with Gasteiger partial charge in [0.2, 0.25) is 0 Å². The Balaban J connectivity index is 2.81. The van der Waals surface area contributed by atoms with Crippen LogP contribution in [0.4, 0.5) is 0 Å². The molecule has 4 nitrogen and oxygen atoms in total. The zero-order valence-corrected chi connectivity index (χ0v) is 7.11. The van der Waals surface area contributed by atoms with Crippen LogP contribution in [-0.2, 0) is 7.05 Å². The smallest absolute Gasteiger partial charge is 0.284 e. The van der Waals surface area contributed by atoms with Gasteiger partial charge in [-0.25, -0.2) is 4.98 Å². The average Bonchev–Trinajstić information content (AvgIpc) is 2.45. The third-order valence-corrected chi connectivity index (χ3v) is 1.95. The number of nitrogens with two attached hydrogens (primary N) is 1. The lowest BCUT2D eigenvalue weighted by Gasteiger charge is -1.95. The number of nitrogens with zero attached hydrogens (tertiary/aromatic N) is 2. The predicted molar refractivity (Wildman–Crippen MR) is 48.1 cm³/mol. The van der Waals surface area contributed by atoms with E-state index in [1.807, 2.05) is 6.07 Å². The summed E-state index contributed by atoms with van der Waals surface area (Å²) >= 11 is 0. The normalized spacial score (nSPS) is 10.5. The van der Waals surface area contributed by atoms with Crippen molar-refractivity contribution in [2.75, 3.05) is 0 Å². The van der Waals surface area contributed by atoms with E-state index >= 15 is 0 Å². The molecule has 1 heterocycles. The van der Waals surface area contributed by atoms with Crippen molar-refractivity contribution in [1.29, 1.82) is 0 Å². The fraction of sp³-hybridized carbons (Fsp3) is 0.111. The van der Waals surface area contributed by atoms with Crippen molar-refractivity contribution in [3.63, 3.8) is 0 Å². The molecule has 0 spiro atoms. The Kier molecular flexibility index (Phi) is 1.55.